The Labute approximate surface area is 149 Å². The van der Waals surface area contributed by atoms with Crippen LogP contribution in [-0.2, 0) is 11.3 Å². The lowest BCUT2D eigenvalue weighted by Crippen LogP contribution is -2.39. The molecule has 1 aromatic carbocycles. The van der Waals surface area contributed by atoms with Crippen LogP contribution in [0.2, 0.25) is 0 Å². The zero-order valence-electron chi connectivity index (χ0n) is 13.4. The van der Waals surface area contributed by atoms with Crippen LogP contribution in [0, 0.1) is 5.82 Å². The van der Waals surface area contributed by atoms with Crippen LogP contribution in [0.15, 0.2) is 29.3 Å². The summed E-state index contributed by atoms with van der Waals surface area (Å²) in [7, 11) is 0. The molecule has 0 atom stereocenters. The van der Waals surface area contributed by atoms with Gasteiger partial charge in [-0.05, 0) is 19.4 Å². The van der Waals surface area contributed by atoms with Gasteiger partial charge in [-0.3, -0.25) is 0 Å². The van der Waals surface area contributed by atoms with Gasteiger partial charge in [-0.25, -0.2) is 9.38 Å². The molecule has 0 aromatic heterocycles. The monoisotopic (exact) mass is 423 g/mol. The molecule has 0 unspecified atom stereocenters. The highest BCUT2D eigenvalue weighted by Gasteiger charge is 2.01. The second kappa shape index (κ2) is 13.8. The number of halogens is 2. The van der Waals surface area contributed by atoms with E-state index in [4.69, 9.17) is 4.74 Å². The minimum Gasteiger partial charge on any atom is -0.380 e. The van der Waals surface area contributed by atoms with Gasteiger partial charge in [0.05, 0.1) is 13.2 Å². The summed E-state index contributed by atoms with van der Waals surface area (Å²) in [6.45, 7) is 7.34. The predicted molar refractivity (Wildman–Crippen MR) is 100 cm³/mol. The van der Waals surface area contributed by atoms with Gasteiger partial charge in [0.2, 0.25) is 0 Å². The van der Waals surface area contributed by atoms with Gasteiger partial charge in [-0.2, -0.15) is 0 Å². The van der Waals surface area contributed by atoms with Crippen LogP contribution in [0.4, 0.5) is 4.39 Å². The highest BCUT2D eigenvalue weighted by atomic mass is 127. The van der Waals surface area contributed by atoms with Crippen molar-refractivity contribution in [2.75, 3.05) is 26.3 Å². The molecule has 0 aliphatic carbocycles. The van der Waals surface area contributed by atoms with Gasteiger partial charge in [0.1, 0.15) is 5.82 Å². The highest BCUT2D eigenvalue weighted by molar-refractivity contribution is 14.0. The highest BCUT2D eigenvalue weighted by Crippen LogP contribution is 2.07. The first kappa shape index (κ1) is 21.1. The molecule has 0 amide bonds. The maximum absolute atomic E-state index is 13.5. The van der Waals surface area contributed by atoms with Crippen LogP contribution >= 0.6 is 24.0 Å². The quantitative estimate of drug-likeness (QED) is 0.277. The van der Waals surface area contributed by atoms with Crippen LogP contribution in [0.5, 0.6) is 0 Å². The summed E-state index contributed by atoms with van der Waals surface area (Å²) in [4.78, 5) is 4.38. The normalized spacial score (nSPS) is 11.0. The van der Waals surface area contributed by atoms with Crippen molar-refractivity contribution in [1.29, 1.82) is 0 Å². The minimum absolute atomic E-state index is 0. The lowest BCUT2D eigenvalue weighted by Gasteiger charge is -2.11. The van der Waals surface area contributed by atoms with Gasteiger partial charge in [0, 0.05) is 25.3 Å². The van der Waals surface area contributed by atoms with Gasteiger partial charge >= 0.3 is 0 Å². The summed E-state index contributed by atoms with van der Waals surface area (Å²) in [5.74, 6) is 0.458. The summed E-state index contributed by atoms with van der Waals surface area (Å²) in [6.07, 6.45) is 2.22. The SMILES string of the molecule is CCCCOCCNC(=NCc1ccccc1F)NCC.I. The zero-order valence-corrected chi connectivity index (χ0v) is 15.7. The van der Waals surface area contributed by atoms with Crippen LogP contribution in [0.1, 0.15) is 32.3 Å². The topological polar surface area (TPSA) is 45.6 Å². The number of aliphatic imine (C=N–C) groups is 1. The van der Waals surface area contributed by atoms with Crippen molar-refractivity contribution >= 4 is 29.9 Å². The Bertz CT molecular complexity index is 430. The van der Waals surface area contributed by atoms with Crippen molar-refractivity contribution in [2.24, 2.45) is 4.99 Å². The maximum atomic E-state index is 13.5. The van der Waals surface area contributed by atoms with E-state index in [1.807, 2.05) is 13.0 Å². The van der Waals surface area contributed by atoms with E-state index in [9.17, 15) is 4.39 Å². The third kappa shape index (κ3) is 9.19. The summed E-state index contributed by atoms with van der Waals surface area (Å²) in [5, 5.41) is 6.31. The number of ether oxygens (including phenoxy) is 1. The zero-order chi connectivity index (χ0) is 15.3. The van der Waals surface area contributed by atoms with E-state index in [0.29, 0.717) is 31.2 Å². The first-order chi connectivity index (χ1) is 10.3. The Balaban J connectivity index is 0.00000441. The second-order valence-electron chi connectivity index (χ2n) is 4.68. The molecule has 126 valence electrons. The molecule has 6 heteroatoms. The van der Waals surface area contributed by atoms with E-state index < -0.39 is 0 Å². The molecule has 4 nitrogen and oxygen atoms in total. The Morgan fingerprint density at radius 2 is 1.95 bits per heavy atom. The van der Waals surface area contributed by atoms with Crippen LogP contribution in [0.25, 0.3) is 0 Å². The lowest BCUT2D eigenvalue weighted by atomic mass is 10.2. The standard InChI is InChI=1S/C16H26FN3O.HI/c1-3-5-11-21-12-10-19-16(18-4-2)20-13-14-8-6-7-9-15(14)17;/h6-9H,3-5,10-13H2,1-2H3,(H2,18,19,20);1H. The summed E-state index contributed by atoms with van der Waals surface area (Å²) < 4.78 is 19.0. The van der Waals surface area contributed by atoms with Gasteiger partial charge in [-0.15, -0.1) is 24.0 Å². The number of unbranched alkanes of at least 4 members (excludes halogenated alkanes) is 1. The van der Waals surface area contributed by atoms with Crippen molar-refractivity contribution in [1.82, 2.24) is 10.6 Å². The number of guanidine groups is 1. The molecule has 0 heterocycles. The van der Waals surface area contributed by atoms with Crippen molar-refractivity contribution in [3.05, 3.63) is 35.6 Å². The van der Waals surface area contributed by atoms with Crippen molar-refractivity contribution in [3.8, 4) is 0 Å². The molecule has 0 bridgehead atoms. The van der Waals surface area contributed by atoms with Gasteiger partial charge in [-0.1, -0.05) is 31.5 Å². The molecule has 0 fully saturated rings. The molecular weight excluding hydrogens is 396 g/mol. The maximum Gasteiger partial charge on any atom is 0.191 e. The Morgan fingerprint density at radius 1 is 1.18 bits per heavy atom. The molecule has 2 N–H and O–H groups in total. The molecular formula is C16H27FIN3O. The number of benzene rings is 1. The third-order valence-corrected chi connectivity index (χ3v) is 2.89. The van der Waals surface area contributed by atoms with E-state index in [2.05, 4.69) is 22.5 Å². The predicted octanol–water partition coefficient (Wildman–Crippen LogP) is 3.32. The summed E-state index contributed by atoms with van der Waals surface area (Å²) in [5.41, 5.74) is 0.592. The Kier molecular flexibility index (Phi) is 13.2. The second-order valence-corrected chi connectivity index (χ2v) is 4.68. The van der Waals surface area contributed by atoms with Crippen molar-refractivity contribution < 1.29 is 9.13 Å². The molecule has 0 aliphatic rings. The van der Waals surface area contributed by atoms with Gasteiger partial charge in [0.15, 0.2) is 5.96 Å². The fraction of sp³-hybridized carbons (Fsp3) is 0.562. The smallest absolute Gasteiger partial charge is 0.191 e. The lowest BCUT2D eigenvalue weighted by molar-refractivity contribution is 0.136. The molecule has 22 heavy (non-hydrogen) atoms. The summed E-state index contributed by atoms with van der Waals surface area (Å²) in [6, 6.07) is 6.69. The molecule has 0 saturated heterocycles. The van der Waals surface area contributed by atoms with E-state index in [1.165, 1.54) is 6.07 Å². The minimum atomic E-state index is -0.222. The fourth-order valence-corrected chi connectivity index (χ4v) is 1.72. The van der Waals surface area contributed by atoms with E-state index in [-0.39, 0.29) is 29.8 Å². The Hall–Kier alpha value is -0.890. The first-order valence-corrected chi connectivity index (χ1v) is 7.61. The fourth-order valence-electron chi connectivity index (χ4n) is 1.72. The molecule has 0 spiro atoms. The van der Waals surface area contributed by atoms with Crippen LogP contribution < -0.4 is 10.6 Å². The van der Waals surface area contributed by atoms with E-state index >= 15 is 0 Å². The number of hydrogen-bond acceptors (Lipinski definition) is 2. The molecule has 0 saturated carbocycles. The van der Waals surface area contributed by atoms with Crippen molar-refractivity contribution in [3.63, 3.8) is 0 Å². The average molecular weight is 423 g/mol. The largest absolute Gasteiger partial charge is 0.380 e. The van der Waals surface area contributed by atoms with E-state index in [1.54, 1.807) is 12.1 Å². The number of hydrogen-bond donors (Lipinski definition) is 2. The van der Waals surface area contributed by atoms with Crippen molar-refractivity contribution in [2.45, 2.75) is 33.2 Å². The number of nitrogens with one attached hydrogen (secondary N) is 2. The van der Waals surface area contributed by atoms with Crippen LogP contribution in [-0.4, -0.2) is 32.3 Å². The van der Waals surface area contributed by atoms with Gasteiger partial charge in [0.25, 0.3) is 0 Å². The van der Waals surface area contributed by atoms with Crippen LogP contribution in [0.3, 0.4) is 0 Å². The molecule has 0 aliphatic heterocycles. The average Bonchev–Trinajstić information content (AvgIpc) is 2.49. The summed E-state index contributed by atoms with van der Waals surface area (Å²) >= 11 is 0. The number of nitrogens with zero attached hydrogens (tertiary/aromatic N) is 1. The number of rotatable bonds is 9. The third-order valence-electron chi connectivity index (χ3n) is 2.89. The molecule has 1 aromatic rings. The first-order valence-electron chi connectivity index (χ1n) is 7.61. The molecule has 1 rings (SSSR count). The van der Waals surface area contributed by atoms with E-state index in [0.717, 1.165) is 26.0 Å². The Morgan fingerprint density at radius 3 is 2.64 bits per heavy atom. The van der Waals surface area contributed by atoms with Gasteiger partial charge < -0.3 is 15.4 Å². The molecule has 0 radical (unpaired) electrons.